The van der Waals surface area contributed by atoms with Crippen LogP contribution < -0.4 is 5.32 Å². The van der Waals surface area contributed by atoms with Crippen molar-refractivity contribution in [2.45, 2.75) is 25.8 Å². The maximum atomic E-state index is 6.30. The topological polar surface area (TPSA) is 66.8 Å². The van der Waals surface area contributed by atoms with Gasteiger partial charge in [-0.2, -0.15) is 0 Å². The van der Waals surface area contributed by atoms with E-state index in [1.807, 2.05) is 18.2 Å². The second-order valence-electron chi connectivity index (χ2n) is 8.70. The van der Waals surface area contributed by atoms with Gasteiger partial charge in [-0.25, -0.2) is 15.0 Å². The summed E-state index contributed by atoms with van der Waals surface area (Å²) in [5.74, 6) is 0.673. The third-order valence-corrected chi connectivity index (χ3v) is 6.02. The van der Waals surface area contributed by atoms with Gasteiger partial charge in [0.25, 0.3) is 0 Å². The summed E-state index contributed by atoms with van der Waals surface area (Å²) in [6.45, 7) is 6.57. The Hall–Kier alpha value is -2.80. The largest absolute Gasteiger partial charge is 0.338 e. The van der Waals surface area contributed by atoms with Gasteiger partial charge in [0, 0.05) is 42.1 Å². The van der Waals surface area contributed by atoms with Crippen LogP contribution in [0.25, 0.3) is 22.3 Å². The van der Waals surface area contributed by atoms with E-state index in [4.69, 9.17) is 11.6 Å². The number of likely N-dealkylation sites (N-methyl/N-ethyl adjacent to an activating group) is 1. The maximum absolute atomic E-state index is 6.30. The van der Waals surface area contributed by atoms with Crippen LogP contribution in [-0.2, 0) is 12.0 Å². The molecule has 1 aromatic carbocycles. The van der Waals surface area contributed by atoms with E-state index in [9.17, 15) is 0 Å². The molecule has 164 valence electrons. The van der Waals surface area contributed by atoms with E-state index < -0.39 is 0 Å². The molecule has 0 aliphatic carbocycles. The first-order valence-corrected chi connectivity index (χ1v) is 10.6. The molecule has 0 unspecified atom stereocenters. The van der Waals surface area contributed by atoms with Gasteiger partial charge in [-0.1, -0.05) is 31.5 Å². The minimum Gasteiger partial charge on any atom is -0.338 e. The molecular formula is C24H24Cl2N6. The second kappa shape index (κ2) is 8.62. The standard InChI is InChI=1S/C24H23ClN6.ClH/c1-24(2)13-31(3)12-16-9-17(6-7-18(16)24)30-23-22-20(28-14-29-23)10-15(11-27-22)21-19(25)5-4-8-26-21;/h4-11,14H,12-13H2,1-3H3,(H,28,29,30);1H. The highest BCUT2D eigenvalue weighted by Crippen LogP contribution is 2.35. The molecule has 0 radical (unpaired) electrons. The minimum absolute atomic E-state index is 0. The van der Waals surface area contributed by atoms with Crippen molar-refractivity contribution in [3.8, 4) is 11.3 Å². The smallest absolute Gasteiger partial charge is 0.160 e. The van der Waals surface area contributed by atoms with Crippen molar-refractivity contribution in [3.63, 3.8) is 0 Å². The van der Waals surface area contributed by atoms with Crippen LogP contribution in [0.15, 0.2) is 55.1 Å². The lowest BCUT2D eigenvalue weighted by Gasteiger charge is -2.38. The minimum atomic E-state index is 0. The molecule has 0 saturated carbocycles. The molecule has 5 rings (SSSR count). The van der Waals surface area contributed by atoms with Crippen LogP contribution in [0.3, 0.4) is 0 Å². The predicted octanol–water partition coefficient (Wildman–Crippen LogP) is 5.63. The van der Waals surface area contributed by atoms with Crippen molar-refractivity contribution >= 4 is 46.5 Å². The number of pyridine rings is 2. The number of rotatable bonds is 3. The average molecular weight is 467 g/mol. The van der Waals surface area contributed by atoms with Gasteiger partial charge in [-0.15, -0.1) is 12.4 Å². The van der Waals surface area contributed by atoms with E-state index in [-0.39, 0.29) is 17.8 Å². The number of aromatic nitrogens is 4. The molecule has 0 saturated heterocycles. The van der Waals surface area contributed by atoms with Gasteiger partial charge < -0.3 is 10.2 Å². The van der Waals surface area contributed by atoms with Gasteiger partial charge in [0.2, 0.25) is 0 Å². The summed E-state index contributed by atoms with van der Waals surface area (Å²) < 4.78 is 0. The molecule has 8 heteroatoms. The first-order chi connectivity index (χ1) is 14.9. The third-order valence-electron chi connectivity index (χ3n) is 5.71. The predicted molar refractivity (Wildman–Crippen MR) is 132 cm³/mol. The zero-order valence-electron chi connectivity index (χ0n) is 18.1. The Bertz CT molecular complexity index is 1290. The fraction of sp³-hybridized carbons (Fsp3) is 0.250. The number of fused-ring (bicyclic) bond motifs is 2. The first kappa shape index (κ1) is 22.4. The molecule has 32 heavy (non-hydrogen) atoms. The van der Waals surface area contributed by atoms with E-state index in [0.717, 1.165) is 29.9 Å². The Balaban J connectivity index is 0.00000245. The lowest BCUT2D eigenvalue weighted by atomic mass is 9.78. The van der Waals surface area contributed by atoms with Crippen molar-refractivity contribution in [1.82, 2.24) is 24.8 Å². The zero-order valence-corrected chi connectivity index (χ0v) is 19.7. The maximum Gasteiger partial charge on any atom is 0.160 e. The van der Waals surface area contributed by atoms with Crippen LogP contribution in [0.1, 0.15) is 25.0 Å². The number of halogens is 2. The molecule has 4 aromatic rings. The molecule has 1 N–H and O–H groups in total. The number of hydrogen-bond acceptors (Lipinski definition) is 6. The first-order valence-electron chi connectivity index (χ1n) is 10.2. The molecule has 0 bridgehead atoms. The molecule has 0 atom stereocenters. The van der Waals surface area contributed by atoms with Crippen LogP contribution in [-0.4, -0.2) is 38.4 Å². The summed E-state index contributed by atoms with van der Waals surface area (Å²) in [6, 6.07) is 12.1. The van der Waals surface area contributed by atoms with Crippen LogP contribution in [0, 0.1) is 0 Å². The third kappa shape index (κ3) is 4.13. The van der Waals surface area contributed by atoms with Crippen molar-refractivity contribution in [3.05, 3.63) is 71.3 Å². The lowest BCUT2D eigenvalue weighted by molar-refractivity contribution is 0.236. The van der Waals surface area contributed by atoms with E-state index in [2.05, 4.69) is 69.2 Å². The molecule has 4 heterocycles. The normalized spacial score (nSPS) is 15.1. The summed E-state index contributed by atoms with van der Waals surface area (Å²) in [5, 5.41) is 4.02. The SMILES string of the molecule is CN1Cc2cc(Nc3ncnc4cc(-c5ncccc5Cl)cnc34)ccc2C(C)(C)C1.Cl. The summed E-state index contributed by atoms with van der Waals surface area (Å²) in [5.41, 5.74) is 6.80. The Morgan fingerprint density at radius 2 is 1.91 bits per heavy atom. The van der Waals surface area contributed by atoms with Crippen LogP contribution in [0.2, 0.25) is 5.02 Å². The Morgan fingerprint density at radius 1 is 1.06 bits per heavy atom. The molecule has 3 aromatic heterocycles. The highest BCUT2D eigenvalue weighted by molar-refractivity contribution is 6.33. The van der Waals surface area contributed by atoms with E-state index >= 15 is 0 Å². The van der Waals surface area contributed by atoms with Crippen molar-refractivity contribution in [2.75, 3.05) is 18.9 Å². The van der Waals surface area contributed by atoms with Crippen molar-refractivity contribution < 1.29 is 0 Å². The van der Waals surface area contributed by atoms with Gasteiger partial charge in [0.1, 0.15) is 11.8 Å². The van der Waals surface area contributed by atoms with Gasteiger partial charge in [0.15, 0.2) is 5.82 Å². The summed E-state index contributed by atoms with van der Waals surface area (Å²) in [7, 11) is 2.16. The number of nitrogens with one attached hydrogen (secondary N) is 1. The summed E-state index contributed by atoms with van der Waals surface area (Å²) >= 11 is 6.30. The summed E-state index contributed by atoms with van der Waals surface area (Å²) in [6.07, 6.45) is 5.02. The number of nitrogens with zero attached hydrogens (tertiary/aromatic N) is 5. The van der Waals surface area contributed by atoms with Gasteiger partial charge in [-0.3, -0.25) is 4.98 Å². The molecule has 6 nitrogen and oxygen atoms in total. The average Bonchev–Trinajstić information content (AvgIpc) is 2.73. The van der Waals surface area contributed by atoms with Gasteiger partial charge in [-0.05, 0) is 48.5 Å². The summed E-state index contributed by atoms with van der Waals surface area (Å²) in [4.78, 5) is 20.2. The molecule has 0 fully saturated rings. The number of hydrogen-bond donors (Lipinski definition) is 1. The molecule has 1 aliphatic rings. The Kier molecular flexibility index (Phi) is 6.03. The number of anilines is 2. The highest BCUT2D eigenvalue weighted by atomic mass is 35.5. The second-order valence-corrected chi connectivity index (χ2v) is 9.11. The van der Waals surface area contributed by atoms with Crippen LogP contribution in [0.4, 0.5) is 11.5 Å². The number of benzene rings is 1. The van der Waals surface area contributed by atoms with Crippen molar-refractivity contribution in [2.24, 2.45) is 0 Å². The Labute approximate surface area is 198 Å². The molecule has 0 spiro atoms. The Morgan fingerprint density at radius 3 is 2.72 bits per heavy atom. The van der Waals surface area contributed by atoms with Gasteiger partial charge in [0.05, 0.1) is 16.2 Å². The lowest BCUT2D eigenvalue weighted by Crippen LogP contribution is -2.39. The molecular weight excluding hydrogens is 443 g/mol. The van der Waals surface area contributed by atoms with Crippen molar-refractivity contribution in [1.29, 1.82) is 0 Å². The van der Waals surface area contributed by atoms with Crippen LogP contribution in [0.5, 0.6) is 0 Å². The fourth-order valence-electron chi connectivity index (χ4n) is 4.47. The van der Waals surface area contributed by atoms with E-state index in [1.54, 1.807) is 18.7 Å². The fourth-order valence-corrected chi connectivity index (χ4v) is 4.70. The van der Waals surface area contributed by atoms with Crippen LogP contribution >= 0.6 is 24.0 Å². The van der Waals surface area contributed by atoms with E-state index in [0.29, 0.717) is 22.1 Å². The monoisotopic (exact) mass is 466 g/mol. The van der Waals surface area contributed by atoms with Gasteiger partial charge >= 0.3 is 0 Å². The highest BCUT2D eigenvalue weighted by Gasteiger charge is 2.30. The molecule has 1 aliphatic heterocycles. The molecule has 0 amide bonds. The van der Waals surface area contributed by atoms with E-state index in [1.165, 1.54) is 11.1 Å². The zero-order chi connectivity index (χ0) is 21.6. The quantitative estimate of drug-likeness (QED) is 0.421.